The van der Waals surface area contributed by atoms with Crippen molar-refractivity contribution < 1.29 is 18.7 Å². The van der Waals surface area contributed by atoms with Crippen molar-refractivity contribution in [3.8, 4) is 0 Å². The van der Waals surface area contributed by atoms with Gasteiger partial charge in [-0.1, -0.05) is 11.3 Å². The molecule has 0 aliphatic carbocycles. The zero-order valence-electron chi connectivity index (χ0n) is 12.0. The summed E-state index contributed by atoms with van der Waals surface area (Å²) in [6, 6.07) is 8.27. The molecule has 8 heteroatoms. The average Bonchev–Trinajstić information content (AvgIpc) is 3.12. The Morgan fingerprint density at radius 1 is 1.35 bits per heavy atom. The van der Waals surface area contributed by atoms with E-state index in [-0.39, 0.29) is 17.6 Å². The molecule has 2 aromatic heterocycles. The topological polar surface area (TPSA) is 81.4 Å². The second-order valence-corrected chi connectivity index (χ2v) is 6.29. The number of amides is 1. The van der Waals surface area contributed by atoms with E-state index in [9.17, 15) is 9.59 Å². The summed E-state index contributed by atoms with van der Waals surface area (Å²) in [6.07, 6.45) is 0. The molecule has 3 aromatic rings. The van der Waals surface area contributed by atoms with Gasteiger partial charge in [0, 0.05) is 0 Å². The number of hydrogen-bond acceptors (Lipinski definition) is 6. The van der Waals surface area contributed by atoms with Gasteiger partial charge in [0.05, 0.1) is 22.4 Å². The molecular weight excluding hydrogens is 384 g/mol. The molecule has 1 N–H and O–H groups in total. The van der Waals surface area contributed by atoms with Gasteiger partial charge in [0.2, 0.25) is 0 Å². The molecule has 118 valence electrons. The van der Waals surface area contributed by atoms with Crippen molar-refractivity contribution in [2.75, 3.05) is 11.9 Å². The number of nitrogens with one attached hydrogen (secondary N) is 1. The number of hydrogen-bond donors (Lipinski definition) is 1. The largest absolute Gasteiger partial charge is 0.462 e. The lowest BCUT2D eigenvalue weighted by molar-refractivity contribution is 0.0526. The molecule has 0 saturated heterocycles. The highest BCUT2D eigenvalue weighted by molar-refractivity contribution is 9.10. The van der Waals surface area contributed by atoms with E-state index < -0.39 is 0 Å². The van der Waals surface area contributed by atoms with Gasteiger partial charge in [0.15, 0.2) is 15.6 Å². The summed E-state index contributed by atoms with van der Waals surface area (Å²) in [4.78, 5) is 28.1. The van der Waals surface area contributed by atoms with E-state index >= 15 is 0 Å². The lowest BCUT2D eigenvalue weighted by Gasteiger charge is -2.00. The third-order valence-electron chi connectivity index (χ3n) is 2.92. The summed E-state index contributed by atoms with van der Waals surface area (Å²) in [5.41, 5.74) is 1.15. The first-order valence-corrected chi connectivity index (χ1v) is 8.32. The molecule has 0 spiro atoms. The number of thiazole rings is 1. The van der Waals surface area contributed by atoms with Crippen molar-refractivity contribution in [1.29, 1.82) is 0 Å². The molecule has 0 aliphatic rings. The molecule has 0 saturated carbocycles. The van der Waals surface area contributed by atoms with Crippen LogP contribution in [0.3, 0.4) is 0 Å². The maximum absolute atomic E-state index is 12.0. The van der Waals surface area contributed by atoms with Gasteiger partial charge in [-0.2, -0.15) is 0 Å². The Balaban J connectivity index is 1.82. The fourth-order valence-corrected chi connectivity index (χ4v) is 3.12. The molecule has 0 radical (unpaired) electrons. The van der Waals surface area contributed by atoms with Crippen molar-refractivity contribution in [3.63, 3.8) is 0 Å². The summed E-state index contributed by atoms with van der Waals surface area (Å²) in [5, 5.41) is 3.10. The summed E-state index contributed by atoms with van der Waals surface area (Å²) in [5.74, 6) is -0.586. The molecule has 0 atom stereocenters. The fourth-order valence-electron chi connectivity index (χ4n) is 1.91. The van der Waals surface area contributed by atoms with E-state index in [1.807, 2.05) is 0 Å². The maximum Gasteiger partial charge on any atom is 0.338 e. The molecule has 0 fully saturated rings. The highest BCUT2D eigenvalue weighted by Crippen LogP contribution is 2.27. The van der Waals surface area contributed by atoms with Crippen LogP contribution in [0.1, 0.15) is 27.8 Å². The van der Waals surface area contributed by atoms with Gasteiger partial charge in [-0.05, 0) is 53.2 Å². The first-order valence-electron chi connectivity index (χ1n) is 6.71. The summed E-state index contributed by atoms with van der Waals surface area (Å²) >= 11 is 4.42. The predicted molar refractivity (Wildman–Crippen MR) is 89.9 cm³/mol. The number of benzene rings is 1. The van der Waals surface area contributed by atoms with Crippen molar-refractivity contribution in [2.45, 2.75) is 6.92 Å². The number of aromatic nitrogens is 1. The number of nitrogens with zero attached hydrogens (tertiary/aromatic N) is 1. The molecule has 2 heterocycles. The summed E-state index contributed by atoms with van der Waals surface area (Å²) in [7, 11) is 0. The van der Waals surface area contributed by atoms with Crippen LogP contribution in [0.2, 0.25) is 0 Å². The quantitative estimate of drug-likeness (QED) is 0.674. The third-order valence-corrected chi connectivity index (χ3v) is 4.28. The van der Waals surface area contributed by atoms with Gasteiger partial charge < -0.3 is 9.15 Å². The van der Waals surface area contributed by atoms with Gasteiger partial charge >= 0.3 is 5.97 Å². The molecule has 1 amide bonds. The van der Waals surface area contributed by atoms with Crippen LogP contribution in [0.4, 0.5) is 5.13 Å². The van der Waals surface area contributed by atoms with Crippen LogP contribution in [0.5, 0.6) is 0 Å². The maximum atomic E-state index is 12.0. The minimum absolute atomic E-state index is 0.184. The van der Waals surface area contributed by atoms with Crippen LogP contribution in [-0.4, -0.2) is 23.5 Å². The average molecular weight is 395 g/mol. The van der Waals surface area contributed by atoms with Crippen LogP contribution < -0.4 is 5.32 Å². The van der Waals surface area contributed by atoms with E-state index in [4.69, 9.17) is 9.15 Å². The van der Waals surface area contributed by atoms with Gasteiger partial charge in [0.1, 0.15) is 0 Å². The molecule has 23 heavy (non-hydrogen) atoms. The Labute approximate surface area is 143 Å². The molecule has 1 aromatic carbocycles. The standard InChI is InChI=1S/C15H11BrN2O4S/c1-2-21-14(20)8-3-4-9-11(7-8)23-15(17-9)18-13(19)10-5-6-12(16)22-10/h3-7H,2H2,1H3,(H,17,18,19). The fraction of sp³-hybridized carbons (Fsp3) is 0.133. The monoisotopic (exact) mass is 394 g/mol. The normalized spacial score (nSPS) is 10.7. The molecule has 0 unspecified atom stereocenters. The lowest BCUT2D eigenvalue weighted by atomic mass is 10.2. The van der Waals surface area contributed by atoms with Crippen molar-refractivity contribution in [1.82, 2.24) is 4.98 Å². The second-order valence-electron chi connectivity index (χ2n) is 4.48. The summed E-state index contributed by atoms with van der Waals surface area (Å²) in [6.45, 7) is 2.07. The predicted octanol–water partition coefficient (Wildman–Crippen LogP) is 4.08. The van der Waals surface area contributed by atoms with Crippen LogP contribution in [0.25, 0.3) is 10.2 Å². The number of anilines is 1. The Hall–Kier alpha value is -2.19. The third kappa shape index (κ3) is 3.43. The van der Waals surface area contributed by atoms with Crippen molar-refractivity contribution in [3.05, 3.63) is 46.3 Å². The van der Waals surface area contributed by atoms with Crippen molar-refractivity contribution in [2.24, 2.45) is 0 Å². The minimum Gasteiger partial charge on any atom is -0.462 e. The van der Waals surface area contributed by atoms with Crippen LogP contribution in [0, 0.1) is 0 Å². The zero-order valence-corrected chi connectivity index (χ0v) is 14.4. The van der Waals surface area contributed by atoms with Gasteiger partial charge in [0.25, 0.3) is 5.91 Å². The molecule has 6 nitrogen and oxygen atoms in total. The van der Waals surface area contributed by atoms with E-state index in [0.29, 0.717) is 27.5 Å². The molecule has 0 aliphatic heterocycles. The van der Waals surface area contributed by atoms with E-state index in [1.165, 1.54) is 11.3 Å². The first kappa shape index (κ1) is 15.7. The second kappa shape index (κ2) is 6.51. The number of carbonyl (C=O) groups is 2. The van der Waals surface area contributed by atoms with Crippen LogP contribution >= 0.6 is 27.3 Å². The summed E-state index contributed by atoms with van der Waals surface area (Å²) < 4.78 is 11.4. The van der Waals surface area contributed by atoms with Crippen molar-refractivity contribution >= 4 is 54.5 Å². The highest BCUT2D eigenvalue weighted by Gasteiger charge is 2.14. The van der Waals surface area contributed by atoms with Crippen LogP contribution in [-0.2, 0) is 4.74 Å². The van der Waals surface area contributed by atoms with Gasteiger partial charge in [-0.3, -0.25) is 10.1 Å². The number of furan rings is 1. The number of carbonyl (C=O) groups excluding carboxylic acids is 2. The molecule has 3 rings (SSSR count). The SMILES string of the molecule is CCOC(=O)c1ccc2nc(NC(=O)c3ccc(Br)o3)sc2c1. The van der Waals surface area contributed by atoms with E-state index in [0.717, 1.165) is 4.70 Å². The smallest absolute Gasteiger partial charge is 0.338 e. The Morgan fingerprint density at radius 2 is 2.17 bits per heavy atom. The number of fused-ring (bicyclic) bond motifs is 1. The van der Waals surface area contributed by atoms with Gasteiger partial charge in [-0.15, -0.1) is 0 Å². The van der Waals surface area contributed by atoms with E-state index in [2.05, 4.69) is 26.2 Å². The number of rotatable bonds is 4. The minimum atomic E-state index is -0.389. The Morgan fingerprint density at radius 3 is 2.87 bits per heavy atom. The van der Waals surface area contributed by atoms with E-state index in [1.54, 1.807) is 37.3 Å². The number of halogens is 1. The highest BCUT2D eigenvalue weighted by atomic mass is 79.9. The zero-order chi connectivity index (χ0) is 16.4. The molecule has 0 bridgehead atoms. The Bertz CT molecular complexity index is 887. The van der Waals surface area contributed by atoms with Gasteiger partial charge in [-0.25, -0.2) is 9.78 Å². The number of esters is 1. The Kier molecular flexibility index (Phi) is 4.44. The lowest BCUT2D eigenvalue weighted by Crippen LogP contribution is -2.10. The number of ether oxygens (including phenoxy) is 1. The molecular formula is C15H11BrN2O4S. The first-order chi connectivity index (χ1) is 11.1. The van der Waals surface area contributed by atoms with Crippen LogP contribution in [0.15, 0.2) is 39.4 Å².